The third-order valence-corrected chi connectivity index (χ3v) is 4.32. The minimum Gasteiger partial charge on any atom is -0.493 e. The maximum absolute atomic E-state index is 12.2. The standard InChI is InChI=1S/C21H22Cl2N2O6/c1-4-29-20(26)12-30-18-7-5-14(9-19(18)28-3)11-24-25-21(27)13(2)31-17-8-6-15(22)10-16(17)23/h5-11,13H,4,12H2,1-3H3,(H,25,27)/b24-11-/t13-/m0/s1. The van der Waals surface area contributed by atoms with E-state index in [1.165, 1.54) is 19.4 Å². The average molecular weight is 469 g/mol. The summed E-state index contributed by atoms with van der Waals surface area (Å²) in [5, 5.41) is 4.68. The van der Waals surface area contributed by atoms with Crippen LogP contribution in [-0.4, -0.2) is 44.5 Å². The van der Waals surface area contributed by atoms with Gasteiger partial charge in [-0.1, -0.05) is 23.2 Å². The SMILES string of the molecule is CCOC(=O)COc1ccc(/C=N\NC(=O)[C@H](C)Oc2ccc(Cl)cc2Cl)cc1OC. The molecule has 0 radical (unpaired) electrons. The first-order chi connectivity index (χ1) is 14.8. The van der Waals surface area contributed by atoms with Gasteiger partial charge in [0, 0.05) is 5.02 Å². The Morgan fingerprint density at radius 3 is 2.55 bits per heavy atom. The molecule has 0 saturated carbocycles. The molecule has 2 aromatic rings. The quantitative estimate of drug-likeness (QED) is 0.323. The van der Waals surface area contributed by atoms with Crippen LogP contribution in [-0.2, 0) is 14.3 Å². The number of esters is 1. The van der Waals surface area contributed by atoms with E-state index >= 15 is 0 Å². The predicted octanol–water partition coefficient (Wildman–Crippen LogP) is 3.86. The number of ether oxygens (including phenoxy) is 4. The number of benzene rings is 2. The van der Waals surface area contributed by atoms with Gasteiger partial charge in [0.2, 0.25) is 0 Å². The molecule has 0 bridgehead atoms. The number of halogens is 2. The molecule has 1 atom stereocenters. The molecule has 166 valence electrons. The Bertz CT molecular complexity index is 951. The Kier molecular flexibility index (Phi) is 9.42. The van der Waals surface area contributed by atoms with Crippen LogP contribution in [0.5, 0.6) is 17.2 Å². The van der Waals surface area contributed by atoms with Gasteiger partial charge in [0.25, 0.3) is 5.91 Å². The molecule has 1 amide bonds. The number of hydrogen-bond donors (Lipinski definition) is 1. The van der Waals surface area contributed by atoms with Crippen LogP contribution in [0.2, 0.25) is 10.0 Å². The molecule has 0 heterocycles. The smallest absolute Gasteiger partial charge is 0.344 e. The zero-order valence-electron chi connectivity index (χ0n) is 17.2. The van der Waals surface area contributed by atoms with Crippen LogP contribution in [0.4, 0.5) is 0 Å². The van der Waals surface area contributed by atoms with E-state index in [0.717, 1.165) is 0 Å². The van der Waals surface area contributed by atoms with E-state index in [1.54, 1.807) is 44.2 Å². The second-order valence-corrected chi connectivity index (χ2v) is 6.92. The fourth-order valence-corrected chi connectivity index (χ4v) is 2.75. The van der Waals surface area contributed by atoms with Gasteiger partial charge in [-0.3, -0.25) is 4.79 Å². The molecule has 0 spiro atoms. The number of hydrogen-bond acceptors (Lipinski definition) is 7. The lowest BCUT2D eigenvalue weighted by Crippen LogP contribution is -2.33. The number of amides is 1. The summed E-state index contributed by atoms with van der Waals surface area (Å²) in [5.74, 6) is 0.158. The molecule has 1 N–H and O–H groups in total. The van der Waals surface area contributed by atoms with Crippen LogP contribution in [0.25, 0.3) is 0 Å². The summed E-state index contributed by atoms with van der Waals surface area (Å²) < 4.78 is 21.0. The highest BCUT2D eigenvalue weighted by Crippen LogP contribution is 2.29. The lowest BCUT2D eigenvalue weighted by molar-refractivity contribution is -0.145. The van der Waals surface area contributed by atoms with Crippen LogP contribution in [0, 0.1) is 0 Å². The average Bonchev–Trinajstić information content (AvgIpc) is 2.74. The van der Waals surface area contributed by atoms with Gasteiger partial charge in [0.05, 0.1) is 25.0 Å². The van der Waals surface area contributed by atoms with E-state index in [9.17, 15) is 9.59 Å². The number of nitrogens with one attached hydrogen (secondary N) is 1. The summed E-state index contributed by atoms with van der Waals surface area (Å²) in [6, 6.07) is 9.66. The number of methoxy groups -OCH3 is 1. The lowest BCUT2D eigenvalue weighted by Gasteiger charge is -2.14. The van der Waals surface area contributed by atoms with E-state index in [4.69, 9.17) is 42.1 Å². The normalized spacial score (nSPS) is 11.6. The molecule has 31 heavy (non-hydrogen) atoms. The molecule has 0 aliphatic carbocycles. The molecule has 0 aliphatic rings. The fraction of sp³-hybridized carbons (Fsp3) is 0.286. The summed E-state index contributed by atoms with van der Waals surface area (Å²) >= 11 is 11.9. The first-order valence-electron chi connectivity index (χ1n) is 9.25. The molecule has 0 aromatic heterocycles. The van der Waals surface area contributed by atoms with Gasteiger partial charge >= 0.3 is 5.97 Å². The zero-order valence-corrected chi connectivity index (χ0v) is 18.7. The van der Waals surface area contributed by atoms with Crippen LogP contribution >= 0.6 is 23.2 Å². The molecular weight excluding hydrogens is 447 g/mol. The second-order valence-electron chi connectivity index (χ2n) is 6.07. The maximum atomic E-state index is 12.2. The van der Waals surface area contributed by atoms with E-state index in [-0.39, 0.29) is 13.2 Å². The van der Waals surface area contributed by atoms with Crippen molar-refractivity contribution in [1.82, 2.24) is 5.43 Å². The Morgan fingerprint density at radius 1 is 1.13 bits per heavy atom. The Hall–Kier alpha value is -2.97. The van der Waals surface area contributed by atoms with E-state index < -0.39 is 18.0 Å². The highest BCUT2D eigenvalue weighted by Gasteiger charge is 2.16. The molecule has 2 rings (SSSR count). The zero-order chi connectivity index (χ0) is 22.8. The van der Waals surface area contributed by atoms with Crippen molar-refractivity contribution in [3.63, 3.8) is 0 Å². The van der Waals surface area contributed by atoms with Crippen molar-refractivity contribution in [3.05, 3.63) is 52.0 Å². The van der Waals surface area contributed by atoms with Crippen molar-refractivity contribution in [2.24, 2.45) is 5.10 Å². The Labute approximate surface area is 190 Å². The summed E-state index contributed by atoms with van der Waals surface area (Å²) in [4.78, 5) is 23.6. The highest BCUT2D eigenvalue weighted by molar-refractivity contribution is 6.35. The largest absolute Gasteiger partial charge is 0.493 e. The topological polar surface area (TPSA) is 95.5 Å². The molecule has 8 nitrogen and oxygen atoms in total. The van der Waals surface area contributed by atoms with Gasteiger partial charge in [0.15, 0.2) is 24.2 Å². The number of rotatable bonds is 10. The lowest BCUT2D eigenvalue weighted by atomic mass is 10.2. The van der Waals surface area contributed by atoms with Crippen LogP contribution in [0.15, 0.2) is 41.5 Å². The minimum absolute atomic E-state index is 0.233. The number of carbonyl (C=O) groups is 2. The van der Waals surface area contributed by atoms with E-state index in [0.29, 0.717) is 32.9 Å². The molecule has 2 aromatic carbocycles. The predicted molar refractivity (Wildman–Crippen MR) is 117 cm³/mol. The van der Waals surface area contributed by atoms with E-state index in [1.807, 2.05) is 0 Å². The van der Waals surface area contributed by atoms with Crippen LogP contribution in [0.1, 0.15) is 19.4 Å². The van der Waals surface area contributed by atoms with Gasteiger partial charge < -0.3 is 18.9 Å². The van der Waals surface area contributed by atoms with Crippen molar-refractivity contribution in [1.29, 1.82) is 0 Å². The first-order valence-corrected chi connectivity index (χ1v) is 10.0. The van der Waals surface area contributed by atoms with Gasteiger partial charge in [0.1, 0.15) is 5.75 Å². The minimum atomic E-state index is -0.844. The molecule has 0 fully saturated rings. The molecule has 0 unspecified atom stereocenters. The van der Waals surface area contributed by atoms with Crippen molar-refractivity contribution in [2.45, 2.75) is 20.0 Å². The van der Waals surface area contributed by atoms with Gasteiger partial charge in [-0.05, 0) is 55.8 Å². The fourth-order valence-electron chi connectivity index (χ4n) is 2.30. The van der Waals surface area contributed by atoms with Crippen molar-refractivity contribution < 1.29 is 28.5 Å². The summed E-state index contributed by atoms with van der Waals surface area (Å²) in [7, 11) is 1.47. The summed E-state index contributed by atoms with van der Waals surface area (Å²) in [5.41, 5.74) is 3.03. The molecular formula is C21H22Cl2N2O6. The van der Waals surface area contributed by atoms with Crippen molar-refractivity contribution in [2.75, 3.05) is 20.3 Å². The molecule has 0 saturated heterocycles. The third-order valence-electron chi connectivity index (χ3n) is 3.79. The maximum Gasteiger partial charge on any atom is 0.344 e. The monoisotopic (exact) mass is 468 g/mol. The van der Waals surface area contributed by atoms with Crippen LogP contribution in [0.3, 0.4) is 0 Å². The summed E-state index contributed by atoms with van der Waals surface area (Å²) in [6.45, 7) is 3.32. The first kappa shape index (κ1) is 24.3. The van der Waals surface area contributed by atoms with Gasteiger partial charge in [-0.15, -0.1) is 0 Å². The van der Waals surface area contributed by atoms with E-state index in [2.05, 4.69) is 10.5 Å². The third kappa shape index (κ3) is 7.66. The van der Waals surface area contributed by atoms with Crippen LogP contribution < -0.4 is 19.6 Å². The van der Waals surface area contributed by atoms with Crippen molar-refractivity contribution in [3.8, 4) is 17.2 Å². The van der Waals surface area contributed by atoms with Gasteiger partial charge in [-0.25, -0.2) is 10.2 Å². The van der Waals surface area contributed by atoms with Gasteiger partial charge in [-0.2, -0.15) is 5.10 Å². The number of nitrogens with zero attached hydrogens (tertiary/aromatic N) is 1. The molecule has 0 aliphatic heterocycles. The second kappa shape index (κ2) is 12.0. The number of carbonyl (C=O) groups excluding carboxylic acids is 2. The van der Waals surface area contributed by atoms with Crippen molar-refractivity contribution >= 4 is 41.3 Å². The Balaban J connectivity index is 1.93. The number of hydrazone groups is 1. The summed E-state index contributed by atoms with van der Waals surface area (Å²) in [6.07, 6.45) is 0.585. The molecule has 10 heteroatoms. The highest BCUT2D eigenvalue weighted by atomic mass is 35.5. The Morgan fingerprint density at radius 2 is 1.87 bits per heavy atom.